The zero-order chi connectivity index (χ0) is 14.8. The first-order valence-corrected chi connectivity index (χ1v) is 8.26. The van der Waals surface area contributed by atoms with E-state index in [4.69, 9.17) is 0 Å². The van der Waals surface area contributed by atoms with Crippen molar-refractivity contribution in [3.05, 3.63) is 70.6 Å². The van der Waals surface area contributed by atoms with Crippen LogP contribution in [0.4, 0.5) is 0 Å². The first-order chi connectivity index (χ1) is 10.1. The minimum atomic E-state index is -0.548. The summed E-state index contributed by atoms with van der Waals surface area (Å²) in [4.78, 5) is 0. The van der Waals surface area contributed by atoms with Crippen LogP contribution in [0.5, 0.6) is 0 Å². The van der Waals surface area contributed by atoms with Gasteiger partial charge in [-0.2, -0.15) is 0 Å². The Kier molecular flexibility index (Phi) is 4.09. The first kappa shape index (κ1) is 14.3. The van der Waals surface area contributed by atoms with Gasteiger partial charge in [-0.25, -0.2) is 0 Å². The summed E-state index contributed by atoms with van der Waals surface area (Å²) >= 11 is 1.69. The number of aliphatic hydroxyl groups excluding tert-OH is 1. The van der Waals surface area contributed by atoms with E-state index in [-0.39, 0.29) is 0 Å². The molecule has 1 heterocycles. The van der Waals surface area contributed by atoms with E-state index in [1.807, 2.05) is 24.3 Å². The Balaban J connectivity index is 1.96. The molecule has 0 saturated carbocycles. The summed E-state index contributed by atoms with van der Waals surface area (Å²) in [7, 11) is 0. The van der Waals surface area contributed by atoms with Crippen LogP contribution in [0.2, 0.25) is 0 Å². The van der Waals surface area contributed by atoms with Crippen LogP contribution in [0.15, 0.2) is 53.9 Å². The van der Waals surface area contributed by atoms with Crippen molar-refractivity contribution in [3.8, 4) is 0 Å². The van der Waals surface area contributed by atoms with Crippen LogP contribution < -0.4 is 0 Å². The third-order valence-electron chi connectivity index (χ3n) is 3.72. The summed E-state index contributed by atoms with van der Waals surface area (Å²) in [6.45, 7) is 4.44. The number of thiophene rings is 1. The van der Waals surface area contributed by atoms with Gasteiger partial charge in [0.05, 0.1) is 0 Å². The second-order valence-corrected chi connectivity index (χ2v) is 6.84. The van der Waals surface area contributed by atoms with E-state index >= 15 is 0 Å². The zero-order valence-corrected chi connectivity index (χ0v) is 13.2. The molecule has 2 aromatic carbocycles. The molecule has 1 aromatic heterocycles. The lowest BCUT2D eigenvalue weighted by Gasteiger charge is -2.13. The number of hydrogen-bond donors (Lipinski definition) is 1. The molecule has 3 rings (SSSR count). The molecule has 0 saturated heterocycles. The highest BCUT2D eigenvalue weighted by atomic mass is 32.1. The summed E-state index contributed by atoms with van der Waals surface area (Å²) in [6.07, 6.45) is 0.499. The second-order valence-electron chi connectivity index (χ2n) is 5.93. The molecule has 0 fully saturated rings. The quantitative estimate of drug-likeness (QED) is 0.703. The molecule has 1 N–H and O–H groups in total. The van der Waals surface area contributed by atoms with Crippen LogP contribution in [0.25, 0.3) is 10.1 Å². The minimum absolute atomic E-state index is 0.548. The fourth-order valence-corrected chi connectivity index (χ4v) is 3.73. The van der Waals surface area contributed by atoms with E-state index in [1.54, 1.807) is 11.3 Å². The summed E-state index contributed by atoms with van der Waals surface area (Å²) < 4.78 is 1.23. The predicted molar refractivity (Wildman–Crippen MR) is 90.9 cm³/mol. The molecule has 0 bridgehead atoms. The summed E-state index contributed by atoms with van der Waals surface area (Å²) in [6, 6.07) is 16.6. The van der Waals surface area contributed by atoms with Gasteiger partial charge in [0.1, 0.15) is 6.10 Å². The van der Waals surface area contributed by atoms with E-state index in [9.17, 15) is 5.11 Å². The molecule has 0 radical (unpaired) electrons. The Bertz CT molecular complexity index is 742. The van der Waals surface area contributed by atoms with E-state index < -0.39 is 6.10 Å². The van der Waals surface area contributed by atoms with Crippen LogP contribution in [0.3, 0.4) is 0 Å². The van der Waals surface area contributed by atoms with Gasteiger partial charge in [-0.05, 0) is 40.3 Å². The first-order valence-electron chi connectivity index (χ1n) is 7.38. The van der Waals surface area contributed by atoms with Gasteiger partial charge in [-0.15, -0.1) is 11.3 Å². The second kappa shape index (κ2) is 6.00. The molecule has 0 aliphatic heterocycles. The van der Waals surface area contributed by atoms with Crippen molar-refractivity contribution in [2.24, 2.45) is 5.92 Å². The maximum Gasteiger partial charge on any atom is 0.105 e. The SMILES string of the molecule is CC(C)Cc1cccc(C(O)c2csc3ccccc23)c1. The van der Waals surface area contributed by atoms with E-state index in [2.05, 4.69) is 43.5 Å². The highest BCUT2D eigenvalue weighted by Gasteiger charge is 2.15. The lowest BCUT2D eigenvalue weighted by molar-refractivity contribution is 0.222. The van der Waals surface area contributed by atoms with Crippen molar-refractivity contribution >= 4 is 21.4 Å². The van der Waals surface area contributed by atoms with E-state index in [1.165, 1.54) is 10.3 Å². The highest BCUT2D eigenvalue weighted by Crippen LogP contribution is 2.33. The monoisotopic (exact) mass is 296 g/mol. The number of benzene rings is 2. The Labute approximate surface area is 129 Å². The molecule has 0 aliphatic rings. The number of rotatable bonds is 4. The van der Waals surface area contributed by atoms with Gasteiger partial charge in [0.25, 0.3) is 0 Å². The standard InChI is InChI=1S/C19H20OS/c1-13(2)10-14-6-5-7-15(11-14)19(20)17-12-21-18-9-4-3-8-16(17)18/h3-9,11-13,19-20H,10H2,1-2H3. The minimum Gasteiger partial charge on any atom is -0.384 e. The Morgan fingerprint density at radius 1 is 1.05 bits per heavy atom. The largest absolute Gasteiger partial charge is 0.384 e. The molecule has 108 valence electrons. The van der Waals surface area contributed by atoms with Gasteiger partial charge in [-0.1, -0.05) is 56.3 Å². The fourth-order valence-electron chi connectivity index (χ4n) is 2.75. The molecule has 1 atom stereocenters. The summed E-state index contributed by atoms with van der Waals surface area (Å²) in [5.74, 6) is 0.624. The van der Waals surface area contributed by atoms with Gasteiger partial charge in [0, 0.05) is 10.3 Å². The fraction of sp³-hybridized carbons (Fsp3) is 0.263. The maximum absolute atomic E-state index is 10.7. The van der Waals surface area contributed by atoms with Crippen molar-refractivity contribution in [1.29, 1.82) is 0 Å². The Morgan fingerprint density at radius 2 is 1.86 bits per heavy atom. The van der Waals surface area contributed by atoms with Crippen molar-refractivity contribution in [2.45, 2.75) is 26.4 Å². The van der Waals surface area contributed by atoms with Crippen LogP contribution in [0.1, 0.15) is 36.6 Å². The maximum atomic E-state index is 10.7. The lowest BCUT2D eigenvalue weighted by Crippen LogP contribution is -2.01. The molecule has 1 unspecified atom stereocenters. The average Bonchev–Trinajstić information content (AvgIpc) is 2.90. The normalized spacial score (nSPS) is 13.0. The van der Waals surface area contributed by atoms with Gasteiger partial charge >= 0.3 is 0 Å². The molecule has 0 amide bonds. The Hall–Kier alpha value is -1.64. The molecular weight excluding hydrogens is 276 g/mol. The van der Waals surface area contributed by atoms with Crippen LogP contribution in [0, 0.1) is 5.92 Å². The molecule has 3 aromatic rings. The van der Waals surface area contributed by atoms with Crippen molar-refractivity contribution in [1.82, 2.24) is 0 Å². The van der Waals surface area contributed by atoms with Crippen LogP contribution in [-0.4, -0.2) is 5.11 Å². The number of fused-ring (bicyclic) bond motifs is 1. The van der Waals surface area contributed by atoms with Crippen LogP contribution >= 0.6 is 11.3 Å². The Morgan fingerprint density at radius 3 is 2.67 bits per heavy atom. The zero-order valence-electron chi connectivity index (χ0n) is 12.4. The average molecular weight is 296 g/mol. The molecule has 21 heavy (non-hydrogen) atoms. The predicted octanol–water partition coefficient (Wildman–Crippen LogP) is 5.18. The molecular formula is C19H20OS. The topological polar surface area (TPSA) is 20.2 Å². The number of aliphatic hydroxyl groups is 1. The van der Waals surface area contributed by atoms with E-state index in [0.29, 0.717) is 5.92 Å². The van der Waals surface area contributed by atoms with Gasteiger partial charge < -0.3 is 5.11 Å². The van der Waals surface area contributed by atoms with Crippen molar-refractivity contribution < 1.29 is 5.11 Å². The van der Waals surface area contributed by atoms with Gasteiger partial charge in [0.2, 0.25) is 0 Å². The van der Waals surface area contributed by atoms with Crippen molar-refractivity contribution in [3.63, 3.8) is 0 Å². The molecule has 1 nitrogen and oxygen atoms in total. The van der Waals surface area contributed by atoms with Gasteiger partial charge in [-0.3, -0.25) is 0 Å². The van der Waals surface area contributed by atoms with Gasteiger partial charge in [0.15, 0.2) is 0 Å². The van der Waals surface area contributed by atoms with E-state index in [0.717, 1.165) is 22.9 Å². The summed E-state index contributed by atoms with van der Waals surface area (Å²) in [5.41, 5.74) is 3.29. The van der Waals surface area contributed by atoms with Crippen molar-refractivity contribution in [2.75, 3.05) is 0 Å². The molecule has 0 spiro atoms. The third-order valence-corrected chi connectivity index (χ3v) is 4.70. The highest BCUT2D eigenvalue weighted by molar-refractivity contribution is 7.17. The van der Waals surface area contributed by atoms with Crippen LogP contribution in [-0.2, 0) is 6.42 Å². The molecule has 0 aliphatic carbocycles. The summed E-state index contributed by atoms with van der Waals surface area (Å²) in [5, 5.41) is 14.0. The third kappa shape index (κ3) is 3.02. The smallest absolute Gasteiger partial charge is 0.105 e. The molecule has 2 heteroatoms. The number of hydrogen-bond acceptors (Lipinski definition) is 2. The lowest BCUT2D eigenvalue weighted by atomic mass is 9.96.